The van der Waals surface area contributed by atoms with Gasteiger partial charge in [-0.25, -0.2) is 4.67 Å². The number of anilines is 1. The van der Waals surface area contributed by atoms with E-state index in [1.165, 1.54) is 0 Å². The number of hydrogen-bond donors (Lipinski definition) is 0. The second-order valence-corrected chi connectivity index (χ2v) is 9.24. The largest absolute Gasteiger partial charge is 0.642 e. The van der Waals surface area contributed by atoms with Crippen LogP contribution in [0, 0.1) is 0 Å². The van der Waals surface area contributed by atoms with Crippen LogP contribution in [0.1, 0.15) is 12.8 Å². The maximum atomic E-state index is 14.4. The van der Waals surface area contributed by atoms with E-state index in [2.05, 4.69) is 9.34 Å². The number of nitrogens with zero attached hydrogens (tertiary/aromatic N) is 2. The van der Waals surface area contributed by atoms with E-state index in [4.69, 9.17) is 16.3 Å². The van der Waals surface area contributed by atoms with E-state index >= 15 is 0 Å². The van der Waals surface area contributed by atoms with Crippen LogP contribution in [0.15, 0.2) is 48.5 Å². The Hall–Kier alpha value is -1.32. The summed E-state index contributed by atoms with van der Waals surface area (Å²) in [5, 5.41) is 1.28. The molecular weight excluding hydrogens is 343 g/mol. The molecule has 4 nitrogen and oxygen atoms in total. The Morgan fingerprint density at radius 1 is 1.21 bits per heavy atom. The monoisotopic (exact) mass is 362 g/mol. The summed E-state index contributed by atoms with van der Waals surface area (Å²) < 4.78 is 9.76. The maximum Gasteiger partial charge on any atom is 0.173 e. The van der Waals surface area contributed by atoms with E-state index in [1.807, 2.05) is 36.4 Å². The molecule has 2 saturated heterocycles. The van der Waals surface area contributed by atoms with E-state index in [0.29, 0.717) is 22.1 Å². The third-order valence-corrected chi connectivity index (χ3v) is 8.40. The fraction of sp³-hybridized carbons (Fsp3) is 0.333. The van der Waals surface area contributed by atoms with Crippen molar-refractivity contribution >= 4 is 30.4 Å². The summed E-state index contributed by atoms with van der Waals surface area (Å²) in [6, 6.07) is 15.7. The lowest BCUT2D eigenvalue weighted by Gasteiger charge is -2.40. The van der Waals surface area contributed by atoms with Crippen LogP contribution < -0.4 is 19.6 Å². The Kier molecular flexibility index (Phi) is 4.17. The van der Waals surface area contributed by atoms with Crippen LogP contribution in [0.4, 0.5) is 5.69 Å². The Morgan fingerprint density at radius 3 is 2.75 bits per heavy atom. The van der Waals surface area contributed by atoms with Gasteiger partial charge in [-0.1, -0.05) is 29.8 Å². The van der Waals surface area contributed by atoms with Crippen molar-refractivity contribution in [3.05, 3.63) is 53.6 Å². The molecule has 0 saturated carbocycles. The highest BCUT2D eigenvalue weighted by Gasteiger charge is 2.57. The summed E-state index contributed by atoms with van der Waals surface area (Å²) in [6.45, 7) is 1.62. The molecule has 4 rings (SSSR count). The minimum atomic E-state index is -2.98. The summed E-state index contributed by atoms with van der Waals surface area (Å²) >= 11 is 6.24. The molecule has 2 aliphatic heterocycles. The van der Waals surface area contributed by atoms with Crippen molar-refractivity contribution < 1.29 is 9.63 Å². The molecule has 0 N–H and O–H groups in total. The predicted octanol–water partition coefficient (Wildman–Crippen LogP) is 3.08. The molecule has 126 valence electrons. The Bertz CT molecular complexity index is 745. The number of halogens is 1. The molecule has 0 spiro atoms. The highest BCUT2D eigenvalue weighted by Crippen LogP contribution is 2.66. The van der Waals surface area contributed by atoms with Gasteiger partial charge in [-0.2, -0.15) is 4.67 Å². The van der Waals surface area contributed by atoms with Gasteiger partial charge in [0.15, 0.2) is 18.8 Å². The van der Waals surface area contributed by atoms with Crippen LogP contribution in [0.25, 0.3) is 0 Å². The minimum absolute atomic E-state index is 0.319. The lowest BCUT2D eigenvalue weighted by Crippen LogP contribution is -2.41. The molecule has 2 fully saturated rings. The van der Waals surface area contributed by atoms with Gasteiger partial charge in [0.1, 0.15) is 0 Å². The standard InChI is InChI=1S/C18H20ClN2O2P/c1-23-17-10-9-14(19)12-18(17)24(22)20-11-5-8-16(20)13-21(24)15-6-3-2-4-7-15/h2-4,6-7,9-10,12,16H,5,8,11,13H2,1H3/t16-,24?/m0/s1. The van der Waals surface area contributed by atoms with E-state index < -0.39 is 7.79 Å². The quantitative estimate of drug-likeness (QED) is 0.787. The molecule has 0 aromatic heterocycles. The molecule has 2 heterocycles. The molecule has 0 amide bonds. The van der Waals surface area contributed by atoms with Crippen LogP contribution in [0.5, 0.6) is 5.75 Å². The van der Waals surface area contributed by atoms with Crippen molar-refractivity contribution in [2.75, 3.05) is 24.9 Å². The van der Waals surface area contributed by atoms with Crippen LogP contribution in [0.3, 0.4) is 0 Å². The molecule has 1 unspecified atom stereocenters. The zero-order valence-electron chi connectivity index (χ0n) is 13.6. The smallest absolute Gasteiger partial charge is 0.173 e. The lowest BCUT2D eigenvalue weighted by atomic mass is 10.2. The first-order chi connectivity index (χ1) is 11.6. The SMILES string of the molecule is COc1ccc(Cl)cc1[P+]1([O-])N(c2ccccc2)C[C@@H]2CCCN21. The molecule has 0 aliphatic carbocycles. The highest BCUT2D eigenvalue weighted by atomic mass is 35.5. The minimum Gasteiger partial charge on any atom is -0.642 e. The van der Waals surface area contributed by atoms with Crippen LogP contribution in [-0.4, -0.2) is 30.9 Å². The first-order valence-electron chi connectivity index (χ1n) is 8.19. The molecule has 0 bridgehead atoms. The van der Waals surface area contributed by atoms with Gasteiger partial charge in [0.05, 0.1) is 25.4 Å². The first-order valence-corrected chi connectivity index (χ1v) is 10.2. The molecular formula is C18H20ClN2O2P. The second-order valence-electron chi connectivity index (χ2n) is 6.24. The molecule has 2 aromatic rings. The molecule has 6 heteroatoms. The Morgan fingerprint density at radius 2 is 2.00 bits per heavy atom. The summed E-state index contributed by atoms with van der Waals surface area (Å²) in [6.07, 6.45) is 2.16. The van der Waals surface area contributed by atoms with Gasteiger partial charge in [-0.3, -0.25) is 0 Å². The van der Waals surface area contributed by atoms with E-state index in [-0.39, 0.29) is 0 Å². The average Bonchev–Trinajstić information content (AvgIpc) is 3.18. The summed E-state index contributed by atoms with van der Waals surface area (Å²) in [5.74, 6) is 0.635. The van der Waals surface area contributed by atoms with E-state index in [1.54, 1.807) is 19.2 Å². The number of ether oxygens (including phenoxy) is 1. The molecule has 2 aromatic carbocycles. The summed E-state index contributed by atoms with van der Waals surface area (Å²) in [5.41, 5.74) is 0.984. The van der Waals surface area contributed by atoms with Crippen molar-refractivity contribution in [1.29, 1.82) is 0 Å². The van der Waals surface area contributed by atoms with Crippen LogP contribution in [0.2, 0.25) is 5.02 Å². The fourth-order valence-electron chi connectivity index (χ4n) is 3.83. The fourth-order valence-corrected chi connectivity index (χ4v) is 7.56. The number of hydrogen-bond acceptors (Lipinski definition) is 4. The normalized spacial score (nSPS) is 26.6. The topological polar surface area (TPSA) is 38.8 Å². The number of benzene rings is 2. The maximum absolute atomic E-state index is 14.4. The van der Waals surface area contributed by atoms with Gasteiger partial charge in [0.25, 0.3) is 0 Å². The third-order valence-electron chi connectivity index (χ3n) is 4.91. The number of para-hydroxylation sites is 1. The summed E-state index contributed by atoms with van der Waals surface area (Å²) in [7, 11) is -1.37. The van der Waals surface area contributed by atoms with Gasteiger partial charge in [-0.05, 0) is 37.1 Å². The van der Waals surface area contributed by atoms with Crippen molar-refractivity contribution in [3.8, 4) is 5.75 Å². The predicted molar refractivity (Wildman–Crippen MR) is 98.1 cm³/mol. The number of methoxy groups -OCH3 is 1. The van der Waals surface area contributed by atoms with E-state index in [9.17, 15) is 4.89 Å². The second kappa shape index (κ2) is 6.20. The number of rotatable bonds is 3. The van der Waals surface area contributed by atoms with Crippen molar-refractivity contribution in [3.63, 3.8) is 0 Å². The highest BCUT2D eigenvalue weighted by molar-refractivity contribution is 7.76. The van der Waals surface area contributed by atoms with Gasteiger partial charge < -0.3 is 9.63 Å². The zero-order valence-corrected chi connectivity index (χ0v) is 15.2. The van der Waals surface area contributed by atoms with Crippen molar-refractivity contribution in [2.24, 2.45) is 0 Å². The number of fused-ring (bicyclic) bond motifs is 1. The Labute approximate surface area is 148 Å². The third kappa shape index (κ3) is 2.41. The van der Waals surface area contributed by atoms with Crippen LogP contribution in [-0.2, 0) is 0 Å². The Balaban J connectivity index is 1.89. The molecule has 24 heavy (non-hydrogen) atoms. The molecule has 2 atom stereocenters. The zero-order chi connectivity index (χ0) is 16.7. The van der Waals surface area contributed by atoms with Gasteiger partial charge in [0.2, 0.25) is 0 Å². The lowest BCUT2D eigenvalue weighted by molar-refractivity contribution is -0.176. The van der Waals surface area contributed by atoms with Crippen molar-refractivity contribution in [1.82, 2.24) is 4.67 Å². The molecule has 0 radical (unpaired) electrons. The van der Waals surface area contributed by atoms with Gasteiger partial charge in [-0.15, -0.1) is 0 Å². The summed E-state index contributed by atoms with van der Waals surface area (Å²) in [4.78, 5) is 14.4. The van der Waals surface area contributed by atoms with Gasteiger partial charge >= 0.3 is 0 Å². The van der Waals surface area contributed by atoms with Crippen molar-refractivity contribution in [2.45, 2.75) is 18.9 Å². The average molecular weight is 363 g/mol. The first kappa shape index (κ1) is 16.2. The van der Waals surface area contributed by atoms with E-state index in [0.717, 1.165) is 31.6 Å². The van der Waals surface area contributed by atoms with Gasteiger partial charge in [0, 0.05) is 17.6 Å². The van der Waals surface area contributed by atoms with Crippen LogP contribution >= 0.6 is 19.4 Å². The molecule has 2 aliphatic rings.